The van der Waals surface area contributed by atoms with E-state index in [4.69, 9.17) is 19.2 Å². The van der Waals surface area contributed by atoms with Crippen LogP contribution in [-0.2, 0) is 20.7 Å². The second-order valence-electron chi connectivity index (χ2n) is 9.38. The standard InChI is InChI=1S/C24H34N4O3.CH2O2/c1-16-8-5-6-9-19(16)24-25-22(31-26-24)10-7-11-23(29)28-14-17-12-20(27(2)3)21(30-4)13-18(17)15-28;2-1-3/h5-6,8-9,17-18,20-21H,7,10-15H2,1-4H3;1H,(H,2,3)/t17-,18+,20-,21-;/m1./s1. The molecule has 0 radical (unpaired) electrons. The van der Waals surface area contributed by atoms with E-state index in [-0.39, 0.29) is 18.5 Å². The number of hydrogen-bond donors (Lipinski definition) is 1. The number of aryl methyl sites for hydroxylation is 2. The van der Waals surface area contributed by atoms with Gasteiger partial charge < -0.3 is 24.2 Å². The van der Waals surface area contributed by atoms with Crippen LogP contribution >= 0.6 is 0 Å². The van der Waals surface area contributed by atoms with Gasteiger partial charge in [-0.05, 0) is 57.7 Å². The van der Waals surface area contributed by atoms with Crippen molar-refractivity contribution in [1.29, 1.82) is 0 Å². The van der Waals surface area contributed by atoms with Crippen molar-refractivity contribution in [2.45, 2.75) is 51.2 Å². The Morgan fingerprint density at radius 1 is 1.26 bits per heavy atom. The minimum absolute atomic E-state index is 0.239. The number of nitrogens with zero attached hydrogens (tertiary/aromatic N) is 4. The van der Waals surface area contributed by atoms with Gasteiger partial charge in [-0.1, -0.05) is 29.4 Å². The Hall–Kier alpha value is -2.78. The molecule has 9 nitrogen and oxygen atoms in total. The quantitative estimate of drug-likeness (QED) is 0.613. The van der Waals surface area contributed by atoms with Crippen LogP contribution in [-0.4, -0.2) is 83.9 Å². The van der Waals surface area contributed by atoms with E-state index in [1.165, 1.54) is 0 Å². The van der Waals surface area contributed by atoms with Crippen LogP contribution in [0.15, 0.2) is 28.8 Å². The highest BCUT2D eigenvalue weighted by Crippen LogP contribution is 2.39. The summed E-state index contributed by atoms with van der Waals surface area (Å²) in [5, 5.41) is 11.0. The minimum Gasteiger partial charge on any atom is -0.483 e. The van der Waals surface area contributed by atoms with Crippen molar-refractivity contribution in [3.63, 3.8) is 0 Å². The van der Waals surface area contributed by atoms with Crippen LogP contribution in [0.3, 0.4) is 0 Å². The molecule has 4 rings (SSSR count). The normalized spacial score (nSPS) is 23.9. The Kier molecular flexibility index (Phi) is 9.18. The Labute approximate surface area is 201 Å². The maximum atomic E-state index is 12.8. The number of carbonyl (C=O) groups excluding carboxylic acids is 1. The van der Waals surface area contributed by atoms with Gasteiger partial charge in [0.1, 0.15) is 0 Å². The molecule has 0 bridgehead atoms. The van der Waals surface area contributed by atoms with Crippen LogP contribution in [0.25, 0.3) is 11.4 Å². The van der Waals surface area contributed by atoms with Crippen molar-refractivity contribution in [1.82, 2.24) is 19.9 Å². The third-order valence-corrected chi connectivity index (χ3v) is 7.04. The summed E-state index contributed by atoms with van der Waals surface area (Å²) in [6, 6.07) is 8.43. The molecule has 1 N–H and O–H groups in total. The van der Waals surface area contributed by atoms with E-state index in [1.807, 2.05) is 31.2 Å². The van der Waals surface area contributed by atoms with Crippen molar-refractivity contribution in [3.05, 3.63) is 35.7 Å². The third kappa shape index (κ3) is 6.21. The van der Waals surface area contributed by atoms with Gasteiger partial charge in [0, 0.05) is 44.6 Å². The Balaban J connectivity index is 0.00000103. The summed E-state index contributed by atoms with van der Waals surface area (Å²) in [6.07, 6.45) is 4.26. The highest BCUT2D eigenvalue weighted by molar-refractivity contribution is 5.76. The van der Waals surface area contributed by atoms with Crippen LogP contribution in [0, 0.1) is 18.8 Å². The Bertz CT molecular complexity index is 947. The molecular formula is C25H36N4O5. The highest BCUT2D eigenvalue weighted by Gasteiger charge is 2.44. The van der Waals surface area contributed by atoms with Crippen LogP contribution in [0.1, 0.15) is 37.1 Å². The van der Waals surface area contributed by atoms with Crippen molar-refractivity contribution in [3.8, 4) is 11.4 Å². The van der Waals surface area contributed by atoms with Crippen LogP contribution in [0.2, 0.25) is 0 Å². The molecule has 0 spiro atoms. The Morgan fingerprint density at radius 3 is 2.59 bits per heavy atom. The van der Waals surface area contributed by atoms with E-state index >= 15 is 0 Å². The molecule has 1 aliphatic heterocycles. The van der Waals surface area contributed by atoms with Gasteiger partial charge in [0.25, 0.3) is 6.47 Å². The van der Waals surface area contributed by atoms with Crippen molar-refractivity contribution >= 4 is 12.4 Å². The largest absolute Gasteiger partial charge is 0.483 e. The van der Waals surface area contributed by atoms with Gasteiger partial charge in [0.05, 0.1) is 6.10 Å². The molecule has 9 heteroatoms. The molecular weight excluding hydrogens is 436 g/mol. The molecule has 4 atom stereocenters. The topological polar surface area (TPSA) is 109 Å². The fourth-order valence-corrected chi connectivity index (χ4v) is 5.23. The monoisotopic (exact) mass is 472 g/mol. The summed E-state index contributed by atoms with van der Waals surface area (Å²) in [5.74, 6) is 2.58. The van der Waals surface area contributed by atoms with Gasteiger partial charge in [-0.25, -0.2) is 0 Å². The van der Waals surface area contributed by atoms with Gasteiger partial charge in [-0.3, -0.25) is 9.59 Å². The van der Waals surface area contributed by atoms with E-state index < -0.39 is 0 Å². The predicted octanol–water partition coefficient (Wildman–Crippen LogP) is 2.88. The number of aromatic nitrogens is 2. The fourth-order valence-electron chi connectivity index (χ4n) is 5.23. The summed E-state index contributed by atoms with van der Waals surface area (Å²) in [7, 11) is 6.05. The first kappa shape index (κ1) is 25.8. The van der Waals surface area contributed by atoms with Crippen LogP contribution in [0.4, 0.5) is 0 Å². The zero-order chi connectivity index (χ0) is 24.7. The van der Waals surface area contributed by atoms with E-state index in [0.717, 1.165) is 43.5 Å². The van der Waals surface area contributed by atoms with E-state index in [9.17, 15) is 4.79 Å². The highest BCUT2D eigenvalue weighted by atomic mass is 16.5. The van der Waals surface area contributed by atoms with E-state index in [1.54, 1.807) is 7.11 Å². The van der Waals surface area contributed by atoms with E-state index in [2.05, 4.69) is 34.0 Å². The lowest BCUT2D eigenvalue weighted by Crippen LogP contribution is -2.47. The number of benzene rings is 1. The molecule has 1 saturated carbocycles. The molecule has 2 aliphatic rings. The zero-order valence-electron chi connectivity index (χ0n) is 20.5. The molecule has 1 amide bonds. The summed E-state index contributed by atoms with van der Waals surface area (Å²) >= 11 is 0. The lowest BCUT2D eigenvalue weighted by Gasteiger charge is -2.40. The van der Waals surface area contributed by atoms with Crippen molar-refractivity contribution in [2.24, 2.45) is 11.8 Å². The first-order chi connectivity index (χ1) is 16.4. The average molecular weight is 473 g/mol. The van der Waals surface area contributed by atoms with Gasteiger partial charge >= 0.3 is 0 Å². The van der Waals surface area contributed by atoms with Gasteiger partial charge in [0.2, 0.25) is 17.6 Å². The maximum Gasteiger partial charge on any atom is 0.290 e. The number of ether oxygens (including phenoxy) is 1. The maximum absolute atomic E-state index is 12.8. The van der Waals surface area contributed by atoms with Gasteiger partial charge in [-0.15, -0.1) is 0 Å². The molecule has 2 heterocycles. The second kappa shape index (κ2) is 12.1. The lowest BCUT2D eigenvalue weighted by atomic mass is 9.77. The predicted molar refractivity (Wildman–Crippen MR) is 127 cm³/mol. The summed E-state index contributed by atoms with van der Waals surface area (Å²) in [5.41, 5.74) is 2.10. The molecule has 186 valence electrons. The molecule has 1 aromatic heterocycles. The second-order valence-corrected chi connectivity index (χ2v) is 9.38. The zero-order valence-corrected chi connectivity index (χ0v) is 20.5. The number of fused-ring (bicyclic) bond motifs is 1. The summed E-state index contributed by atoms with van der Waals surface area (Å²) < 4.78 is 11.2. The smallest absolute Gasteiger partial charge is 0.290 e. The molecule has 2 fully saturated rings. The Morgan fingerprint density at radius 2 is 1.94 bits per heavy atom. The molecule has 1 saturated heterocycles. The van der Waals surface area contributed by atoms with Crippen molar-refractivity contribution in [2.75, 3.05) is 34.3 Å². The third-order valence-electron chi connectivity index (χ3n) is 7.04. The molecule has 2 aromatic rings. The molecule has 0 unspecified atom stereocenters. The number of amides is 1. The van der Waals surface area contributed by atoms with Crippen molar-refractivity contribution < 1.29 is 24.0 Å². The molecule has 1 aliphatic carbocycles. The summed E-state index contributed by atoms with van der Waals surface area (Å²) in [6.45, 7) is 3.52. The van der Waals surface area contributed by atoms with Crippen LogP contribution < -0.4 is 0 Å². The van der Waals surface area contributed by atoms with Gasteiger partial charge in [0.15, 0.2) is 0 Å². The number of likely N-dealkylation sites (N-methyl/N-ethyl adjacent to an activating group) is 1. The number of methoxy groups -OCH3 is 1. The number of carbonyl (C=O) groups is 2. The SMILES string of the molecule is CO[C@@H]1C[C@H]2CN(C(=O)CCCc3nc(-c4ccccc4C)no3)C[C@H]2C[C@H]1N(C)C.O=CO. The molecule has 1 aromatic carbocycles. The van der Waals surface area contributed by atoms with E-state index in [0.29, 0.717) is 42.4 Å². The summed E-state index contributed by atoms with van der Waals surface area (Å²) in [4.78, 5) is 30.0. The first-order valence-corrected chi connectivity index (χ1v) is 11.8. The number of likely N-dealkylation sites (tertiary alicyclic amines) is 1. The molecule has 34 heavy (non-hydrogen) atoms. The minimum atomic E-state index is -0.250. The first-order valence-electron chi connectivity index (χ1n) is 11.8. The fraction of sp³-hybridized carbons (Fsp3) is 0.600. The number of hydrogen-bond acceptors (Lipinski definition) is 7. The van der Waals surface area contributed by atoms with Crippen LogP contribution in [0.5, 0.6) is 0 Å². The lowest BCUT2D eigenvalue weighted by molar-refractivity contribution is -0.130. The van der Waals surface area contributed by atoms with Gasteiger partial charge in [-0.2, -0.15) is 4.98 Å². The number of rotatable bonds is 7. The average Bonchev–Trinajstić information content (AvgIpc) is 3.45. The number of carboxylic acid groups (broad SMARTS) is 1.